The van der Waals surface area contributed by atoms with Crippen LogP contribution in [0.1, 0.15) is 36.7 Å². The summed E-state index contributed by atoms with van der Waals surface area (Å²) in [7, 11) is 0. The molecule has 1 atom stereocenters. The lowest BCUT2D eigenvalue weighted by atomic mass is 9.99. The fourth-order valence-corrected chi connectivity index (χ4v) is 4.44. The molecule has 36 heavy (non-hydrogen) atoms. The third kappa shape index (κ3) is 5.13. The molecule has 4 rings (SSSR count). The third-order valence-corrected chi connectivity index (χ3v) is 6.16. The van der Waals surface area contributed by atoms with Gasteiger partial charge in [-0.1, -0.05) is 65.7 Å². The summed E-state index contributed by atoms with van der Waals surface area (Å²) < 4.78 is 10.9. The molecule has 0 bridgehead atoms. The van der Waals surface area contributed by atoms with Crippen LogP contribution in [0.15, 0.2) is 90.1 Å². The lowest BCUT2D eigenvalue weighted by Gasteiger charge is -2.47. The van der Waals surface area contributed by atoms with Crippen molar-refractivity contribution in [1.82, 2.24) is 0 Å². The standard InChI is InChI=1S/C30H32N2O4/c1-5-35-29(33)26-20-31(24-16-12-21(3)13-17-24)28(23-10-8-7-9-11-23)32(27(26)30(34)36-6-2)25-18-14-22(4)15-19-25/h7-19,28H,5-6,20H2,1-4H3. The van der Waals surface area contributed by atoms with Gasteiger partial charge in [0.1, 0.15) is 11.9 Å². The molecule has 0 aliphatic carbocycles. The zero-order chi connectivity index (χ0) is 25.7. The molecule has 0 saturated carbocycles. The Hall–Kier alpha value is -4.06. The number of esters is 2. The van der Waals surface area contributed by atoms with Gasteiger partial charge in [-0.25, -0.2) is 9.59 Å². The van der Waals surface area contributed by atoms with Gasteiger partial charge in [-0.3, -0.25) is 0 Å². The number of benzene rings is 3. The zero-order valence-corrected chi connectivity index (χ0v) is 21.2. The molecule has 0 aromatic heterocycles. The summed E-state index contributed by atoms with van der Waals surface area (Å²) in [6.45, 7) is 8.16. The molecule has 0 fully saturated rings. The molecule has 0 N–H and O–H groups in total. The van der Waals surface area contributed by atoms with Gasteiger partial charge in [0.05, 0.1) is 25.3 Å². The van der Waals surface area contributed by atoms with E-state index in [1.165, 1.54) is 0 Å². The van der Waals surface area contributed by atoms with Crippen LogP contribution in [0.5, 0.6) is 0 Å². The molecule has 1 aliphatic rings. The van der Waals surface area contributed by atoms with Gasteiger partial charge >= 0.3 is 11.9 Å². The van der Waals surface area contributed by atoms with E-state index in [4.69, 9.17) is 9.47 Å². The van der Waals surface area contributed by atoms with E-state index in [2.05, 4.69) is 4.90 Å². The van der Waals surface area contributed by atoms with E-state index in [0.717, 1.165) is 28.1 Å². The molecule has 6 heteroatoms. The summed E-state index contributed by atoms with van der Waals surface area (Å²) in [5.74, 6) is -1.08. The van der Waals surface area contributed by atoms with Crippen molar-refractivity contribution in [2.45, 2.75) is 33.9 Å². The van der Waals surface area contributed by atoms with Crippen LogP contribution in [0, 0.1) is 13.8 Å². The maximum atomic E-state index is 13.5. The van der Waals surface area contributed by atoms with Crippen molar-refractivity contribution in [1.29, 1.82) is 0 Å². The van der Waals surface area contributed by atoms with Crippen molar-refractivity contribution >= 4 is 23.3 Å². The second-order valence-corrected chi connectivity index (χ2v) is 8.72. The molecule has 1 heterocycles. The minimum atomic E-state index is -0.550. The van der Waals surface area contributed by atoms with Gasteiger partial charge in [0.15, 0.2) is 0 Å². The number of nitrogens with zero attached hydrogens (tertiary/aromatic N) is 2. The maximum absolute atomic E-state index is 13.5. The highest BCUT2D eigenvalue weighted by atomic mass is 16.5. The summed E-state index contributed by atoms with van der Waals surface area (Å²) in [6, 6.07) is 26.1. The Bertz CT molecular complexity index is 1230. The Morgan fingerprint density at radius 2 is 1.28 bits per heavy atom. The number of carbonyl (C=O) groups excluding carboxylic acids is 2. The highest BCUT2D eigenvalue weighted by Gasteiger charge is 2.42. The Kier molecular flexibility index (Phi) is 7.74. The molecular weight excluding hydrogens is 452 g/mol. The minimum absolute atomic E-state index is 0.192. The van der Waals surface area contributed by atoms with Gasteiger partial charge in [-0.05, 0) is 57.5 Å². The molecular formula is C30H32N2O4. The minimum Gasteiger partial charge on any atom is -0.463 e. The monoisotopic (exact) mass is 484 g/mol. The second-order valence-electron chi connectivity index (χ2n) is 8.72. The highest BCUT2D eigenvalue weighted by molar-refractivity contribution is 6.04. The Morgan fingerprint density at radius 3 is 1.83 bits per heavy atom. The Labute approximate surface area is 212 Å². The van der Waals surface area contributed by atoms with E-state index in [0.29, 0.717) is 0 Å². The average Bonchev–Trinajstić information content (AvgIpc) is 2.89. The second kappa shape index (κ2) is 11.1. The molecule has 0 radical (unpaired) electrons. The predicted octanol–water partition coefficient (Wildman–Crippen LogP) is 5.71. The fraction of sp³-hybridized carbons (Fsp3) is 0.267. The lowest BCUT2D eigenvalue weighted by molar-refractivity contribution is -0.142. The van der Waals surface area contributed by atoms with E-state index >= 15 is 0 Å². The van der Waals surface area contributed by atoms with Crippen molar-refractivity contribution in [3.63, 3.8) is 0 Å². The summed E-state index contributed by atoms with van der Waals surface area (Å²) in [5, 5.41) is 0. The normalized spacial score (nSPS) is 15.6. The average molecular weight is 485 g/mol. The first-order chi connectivity index (χ1) is 17.4. The summed E-state index contributed by atoms with van der Waals surface area (Å²) in [6.07, 6.45) is -0.408. The highest BCUT2D eigenvalue weighted by Crippen LogP contribution is 2.42. The van der Waals surface area contributed by atoms with Gasteiger partial charge in [-0.2, -0.15) is 0 Å². The van der Waals surface area contributed by atoms with Crippen LogP contribution in [-0.2, 0) is 19.1 Å². The van der Waals surface area contributed by atoms with Crippen molar-refractivity contribution in [3.05, 3.63) is 107 Å². The van der Waals surface area contributed by atoms with Crippen LogP contribution >= 0.6 is 0 Å². The van der Waals surface area contributed by atoms with E-state index < -0.39 is 18.1 Å². The quantitative estimate of drug-likeness (QED) is 0.401. The third-order valence-electron chi connectivity index (χ3n) is 6.16. The van der Waals surface area contributed by atoms with Crippen LogP contribution in [0.2, 0.25) is 0 Å². The number of ether oxygens (including phenoxy) is 2. The molecule has 0 amide bonds. The molecule has 186 valence electrons. The van der Waals surface area contributed by atoms with Gasteiger partial charge in [-0.15, -0.1) is 0 Å². The van der Waals surface area contributed by atoms with Crippen LogP contribution < -0.4 is 9.80 Å². The Morgan fingerprint density at radius 1 is 0.750 bits per heavy atom. The first-order valence-corrected chi connectivity index (χ1v) is 12.3. The van der Waals surface area contributed by atoms with Gasteiger partial charge < -0.3 is 19.3 Å². The smallest absolute Gasteiger partial charge is 0.355 e. The summed E-state index contributed by atoms with van der Waals surface area (Å²) in [4.78, 5) is 30.8. The van der Waals surface area contributed by atoms with Crippen molar-refractivity contribution in [2.75, 3.05) is 29.6 Å². The molecule has 1 aliphatic heterocycles. The van der Waals surface area contributed by atoms with Crippen LogP contribution in [0.25, 0.3) is 0 Å². The molecule has 3 aromatic rings. The maximum Gasteiger partial charge on any atom is 0.355 e. The Balaban J connectivity index is 2.02. The number of aryl methyl sites for hydroxylation is 2. The zero-order valence-electron chi connectivity index (χ0n) is 21.2. The van der Waals surface area contributed by atoms with Gasteiger partial charge in [0.25, 0.3) is 0 Å². The van der Waals surface area contributed by atoms with E-state index in [1.807, 2.05) is 97.6 Å². The molecule has 1 unspecified atom stereocenters. The van der Waals surface area contributed by atoms with Crippen molar-refractivity contribution in [3.8, 4) is 0 Å². The predicted molar refractivity (Wildman–Crippen MR) is 142 cm³/mol. The number of rotatable bonds is 7. The molecule has 0 saturated heterocycles. The van der Waals surface area contributed by atoms with E-state index in [-0.39, 0.29) is 31.0 Å². The first-order valence-electron chi connectivity index (χ1n) is 12.3. The van der Waals surface area contributed by atoms with Gasteiger partial charge in [0, 0.05) is 11.4 Å². The topological polar surface area (TPSA) is 59.1 Å². The molecule has 0 spiro atoms. The number of anilines is 2. The van der Waals surface area contributed by atoms with Crippen LogP contribution in [0.4, 0.5) is 11.4 Å². The van der Waals surface area contributed by atoms with Gasteiger partial charge in [0.2, 0.25) is 0 Å². The largest absolute Gasteiger partial charge is 0.463 e. The lowest BCUT2D eigenvalue weighted by Crippen LogP contribution is -2.50. The summed E-state index contributed by atoms with van der Waals surface area (Å²) >= 11 is 0. The number of carbonyl (C=O) groups is 2. The first kappa shape index (κ1) is 25.0. The van der Waals surface area contributed by atoms with Crippen LogP contribution in [0.3, 0.4) is 0 Å². The fourth-order valence-electron chi connectivity index (χ4n) is 4.44. The SMILES string of the molecule is CCOC(=O)C1=C(C(=O)OCC)N(c2ccc(C)cc2)C(c2ccccc2)N(c2ccc(C)cc2)C1. The number of hydrogen-bond acceptors (Lipinski definition) is 6. The number of hydrogen-bond donors (Lipinski definition) is 0. The van der Waals surface area contributed by atoms with E-state index in [9.17, 15) is 9.59 Å². The summed E-state index contributed by atoms with van der Waals surface area (Å²) in [5.41, 5.74) is 5.38. The molecule has 6 nitrogen and oxygen atoms in total. The van der Waals surface area contributed by atoms with Crippen LogP contribution in [-0.4, -0.2) is 31.7 Å². The van der Waals surface area contributed by atoms with E-state index in [1.54, 1.807) is 13.8 Å². The van der Waals surface area contributed by atoms with Crippen molar-refractivity contribution in [2.24, 2.45) is 0 Å². The van der Waals surface area contributed by atoms with Crippen molar-refractivity contribution < 1.29 is 19.1 Å². The molecule has 3 aromatic carbocycles.